The van der Waals surface area contributed by atoms with Crippen LogP contribution in [0.2, 0.25) is 0 Å². The molecule has 6 nitrogen and oxygen atoms in total. The van der Waals surface area contributed by atoms with Crippen LogP contribution in [0.5, 0.6) is 5.75 Å². The molecule has 1 aromatic carbocycles. The van der Waals surface area contributed by atoms with E-state index in [9.17, 15) is 4.79 Å². The number of fused-ring (bicyclic) bond motifs is 1. The van der Waals surface area contributed by atoms with Gasteiger partial charge in [0.25, 0.3) is 0 Å². The maximum atomic E-state index is 11.8. The van der Waals surface area contributed by atoms with Crippen LogP contribution in [0.3, 0.4) is 0 Å². The van der Waals surface area contributed by atoms with Gasteiger partial charge in [0.1, 0.15) is 12.1 Å². The second-order valence-electron chi connectivity index (χ2n) is 4.93. The number of amides is 1. The van der Waals surface area contributed by atoms with Gasteiger partial charge in [-0.05, 0) is 12.5 Å². The van der Waals surface area contributed by atoms with Crippen LogP contribution in [0, 0.1) is 0 Å². The molecule has 0 saturated heterocycles. The third kappa shape index (κ3) is 2.87. The predicted molar refractivity (Wildman–Crippen MR) is 79.7 cm³/mol. The van der Waals surface area contributed by atoms with Crippen LogP contribution in [0.15, 0.2) is 35.7 Å². The summed E-state index contributed by atoms with van der Waals surface area (Å²) in [5.41, 5.74) is 1.16. The summed E-state index contributed by atoms with van der Waals surface area (Å²) in [6.45, 7) is 0.687. The van der Waals surface area contributed by atoms with Crippen molar-refractivity contribution >= 4 is 17.8 Å². The lowest BCUT2D eigenvalue weighted by molar-refractivity contribution is 0.215. The summed E-state index contributed by atoms with van der Waals surface area (Å²) in [5.74, 6) is 0.921. The van der Waals surface area contributed by atoms with E-state index in [2.05, 4.69) is 16.1 Å². The fourth-order valence-electron chi connectivity index (χ4n) is 2.16. The molecule has 2 heterocycles. The fraction of sp³-hybridized carbons (Fsp3) is 0.357. The maximum Gasteiger partial charge on any atom is 0.345 e. The fourth-order valence-corrected chi connectivity index (χ4v) is 3.19. The Hall–Kier alpha value is -2.02. The van der Waals surface area contributed by atoms with E-state index < -0.39 is 0 Å². The van der Waals surface area contributed by atoms with Gasteiger partial charge in [0.15, 0.2) is 0 Å². The zero-order valence-corrected chi connectivity index (χ0v) is 12.7. The van der Waals surface area contributed by atoms with Crippen LogP contribution in [0.4, 0.5) is 4.79 Å². The smallest absolute Gasteiger partial charge is 0.345 e. The summed E-state index contributed by atoms with van der Waals surface area (Å²) in [7, 11) is 3.37. The van der Waals surface area contributed by atoms with Crippen molar-refractivity contribution in [2.24, 2.45) is 0 Å². The van der Waals surface area contributed by atoms with Crippen LogP contribution >= 0.6 is 11.8 Å². The molecule has 1 unspecified atom stereocenters. The Morgan fingerprint density at radius 1 is 1.43 bits per heavy atom. The van der Waals surface area contributed by atoms with Crippen molar-refractivity contribution in [2.75, 3.05) is 20.7 Å². The molecule has 0 bridgehead atoms. The molecular weight excluding hydrogens is 288 g/mol. The first-order valence-electron chi connectivity index (χ1n) is 6.67. The minimum atomic E-state index is -0.207. The van der Waals surface area contributed by atoms with Crippen molar-refractivity contribution in [2.45, 2.75) is 16.8 Å². The van der Waals surface area contributed by atoms with E-state index >= 15 is 0 Å². The van der Waals surface area contributed by atoms with Gasteiger partial charge in [-0.25, -0.2) is 9.78 Å². The number of para-hydroxylation sites is 1. The van der Waals surface area contributed by atoms with Gasteiger partial charge >= 0.3 is 6.03 Å². The van der Waals surface area contributed by atoms with E-state index in [0.29, 0.717) is 11.8 Å². The number of aromatic nitrogens is 3. The molecular formula is C14H16N4O2S. The molecule has 2 aromatic rings. The number of ether oxygens (including phenoxy) is 1. The van der Waals surface area contributed by atoms with Crippen LogP contribution < -0.4 is 4.74 Å². The summed E-state index contributed by atoms with van der Waals surface area (Å²) in [5, 5.41) is 5.09. The summed E-state index contributed by atoms with van der Waals surface area (Å²) < 4.78 is 6.90. The number of hydrogen-bond donors (Lipinski definition) is 0. The normalized spacial score (nSPS) is 17.0. The molecule has 21 heavy (non-hydrogen) atoms. The predicted octanol–water partition coefficient (Wildman–Crippen LogP) is 2.42. The van der Waals surface area contributed by atoms with Crippen LogP contribution in [0.25, 0.3) is 0 Å². The van der Waals surface area contributed by atoms with E-state index in [1.807, 2.05) is 18.2 Å². The maximum absolute atomic E-state index is 11.8. The van der Waals surface area contributed by atoms with Crippen LogP contribution in [-0.2, 0) is 0 Å². The molecule has 1 aromatic heterocycles. The molecule has 1 aliphatic heterocycles. The molecule has 0 radical (unpaired) electrons. The highest BCUT2D eigenvalue weighted by atomic mass is 32.2. The van der Waals surface area contributed by atoms with Gasteiger partial charge in [-0.1, -0.05) is 30.0 Å². The van der Waals surface area contributed by atoms with Gasteiger partial charge in [-0.15, -0.1) is 5.10 Å². The number of nitrogens with zero attached hydrogens (tertiary/aromatic N) is 4. The van der Waals surface area contributed by atoms with Crippen molar-refractivity contribution in [1.82, 2.24) is 19.7 Å². The Morgan fingerprint density at radius 3 is 3.05 bits per heavy atom. The molecule has 1 atom stereocenters. The molecule has 1 amide bonds. The standard InChI is InChI=1S/C14H16N4O2S/c1-17(2)14(19)18-9-15-13(16-18)21-12-7-8-20-11-6-4-3-5-10(11)12/h3-6,9,12H,7-8H2,1-2H3. The molecule has 1 aliphatic rings. The monoisotopic (exact) mass is 304 g/mol. The first kappa shape index (κ1) is 13.9. The molecule has 0 aliphatic carbocycles. The van der Waals surface area contributed by atoms with Gasteiger partial charge in [-0.3, -0.25) is 0 Å². The molecule has 7 heteroatoms. The number of carbonyl (C=O) groups excluding carboxylic acids is 1. The Balaban J connectivity index is 1.78. The Morgan fingerprint density at radius 2 is 2.24 bits per heavy atom. The average Bonchev–Trinajstić information content (AvgIpc) is 2.95. The third-order valence-corrected chi connectivity index (χ3v) is 4.37. The molecule has 0 N–H and O–H groups in total. The summed E-state index contributed by atoms with van der Waals surface area (Å²) in [6.07, 6.45) is 2.35. The van der Waals surface area contributed by atoms with E-state index in [0.717, 1.165) is 17.7 Å². The Bertz CT molecular complexity index is 656. The van der Waals surface area contributed by atoms with Gasteiger partial charge in [0.05, 0.1) is 6.61 Å². The van der Waals surface area contributed by atoms with Gasteiger partial charge in [0, 0.05) is 24.9 Å². The second kappa shape index (κ2) is 5.77. The zero-order chi connectivity index (χ0) is 14.8. The van der Waals surface area contributed by atoms with Gasteiger partial charge in [-0.2, -0.15) is 4.68 Å². The lowest BCUT2D eigenvalue weighted by atomic mass is 10.1. The summed E-state index contributed by atoms with van der Waals surface area (Å²) in [6, 6.07) is 7.80. The van der Waals surface area contributed by atoms with E-state index in [4.69, 9.17) is 4.74 Å². The topological polar surface area (TPSA) is 60.2 Å². The Kier molecular flexibility index (Phi) is 3.83. The number of benzene rings is 1. The van der Waals surface area contributed by atoms with Crippen molar-refractivity contribution in [3.05, 3.63) is 36.2 Å². The largest absolute Gasteiger partial charge is 0.493 e. The number of rotatable bonds is 2. The minimum Gasteiger partial charge on any atom is -0.493 e. The zero-order valence-electron chi connectivity index (χ0n) is 11.9. The van der Waals surface area contributed by atoms with Crippen LogP contribution in [-0.4, -0.2) is 46.4 Å². The highest BCUT2D eigenvalue weighted by Crippen LogP contribution is 2.42. The summed E-state index contributed by atoms with van der Waals surface area (Å²) in [4.78, 5) is 17.5. The number of thioether (sulfide) groups is 1. The van der Waals surface area contributed by atoms with Crippen molar-refractivity contribution in [3.8, 4) is 5.75 Å². The quantitative estimate of drug-likeness (QED) is 0.853. The molecule has 110 valence electrons. The second-order valence-corrected chi connectivity index (χ2v) is 6.10. The molecule has 0 fully saturated rings. The van der Waals surface area contributed by atoms with Crippen molar-refractivity contribution < 1.29 is 9.53 Å². The number of hydrogen-bond acceptors (Lipinski definition) is 5. The molecule has 0 saturated carbocycles. The first-order chi connectivity index (χ1) is 10.1. The average molecular weight is 304 g/mol. The van der Waals surface area contributed by atoms with E-state index in [1.165, 1.54) is 15.9 Å². The summed E-state index contributed by atoms with van der Waals surface area (Å²) >= 11 is 1.56. The molecule has 3 rings (SSSR count). The van der Waals surface area contributed by atoms with Gasteiger partial charge < -0.3 is 9.64 Å². The Labute approximate surface area is 127 Å². The lowest BCUT2D eigenvalue weighted by Gasteiger charge is -2.24. The highest BCUT2D eigenvalue weighted by Gasteiger charge is 2.23. The highest BCUT2D eigenvalue weighted by molar-refractivity contribution is 7.99. The van der Waals surface area contributed by atoms with E-state index in [-0.39, 0.29) is 11.3 Å². The minimum absolute atomic E-state index is 0.207. The van der Waals surface area contributed by atoms with Crippen molar-refractivity contribution in [3.63, 3.8) is 0 Å². The first-order valence-corrected chi connectivity index (χ1v) is 7.55. The van der Waals surface area contributed by atoms with E-state index in [1.54, 1.807) is 25.9 Å². The van der Waals surface area contributed by atoms with Crippen LogP contribution in [0.1, 0.15) is 17.2 Å². The van der Waals surface area contributed by atoms with Gasteiger partial charge in [0.2, 0.25) is 5.16 Å². The molecule has 0 spiro atoms. The van der Waals surface area contributed by atoms with Crippen molar-refractivity contribution in [1.29, 1.82) is 0 Å². The lowest BCUT2D eigenvalue weighted by Crippen LogP contribution is -2.27. The number of carbonyl (C=O) groups is 1. The SMILES string of the molecule is CN(C)C(=O)n1cnc(SC2CCOc3ccccc32)n1. The third-order valence-electron chi connectivity index (χ3n) is 3.20.